The second kappa shape index (κ2) is 6.47. The van der Waals surface area contributed by atoms with Crippen molar-refractivity contribution in [2.75, 3.05) is 0 Å². The summed E-state index contributed by atoms with van der Waals surface area (Å²) in [6, 6.07) is 17.6. The lowest BCUT2D eigenvalue weighted by Gasteiger charge is -2.34. The molecule has 0 bridgehead atoms. The van der Waals surface area contributed by atoms with E-state index in [0.717, 1.165) is 16.7 Å². The van der Waals surface area contributed by atoms with Gasteiger partial charge in [0.15, 0.2) is 0 Å². The van der Waals surface area contributed by atoms with Crippen LogP contribution in [0.3, 0.4) is 0 Å². The number of hydrogen-bond acceptors (Lipinski definition) is 1. The summed E-state index contributed by atoms with van der Waals surface area (Å²) < 4.78 is 0. The molecule has 1 atom stereocenters. The minimum atomic E-state index is -0.183. The number of hydrogen-bond donors (Lipinski definition) is 1. The summed E-state index contributed by atoms with van der Waals surface area (Å²) in [6.45, 7) is 4.00. The van der Waals surface area contributed by atoms with E-state index in [1.807, 2.05) is 62.5 Å². The molecule has 2 amide bonds. The molecule has 2 aromatic carbocycles. The number of amides is 2. The Bertz CT molecular complexity index is 723. The summed E-state index contributed by atoms with van der Waals surface area (Å²) in [5, 5.41) is 3.79. The summed E-state index contributed by atoms with van der Waals surface area (Å²) in [5.41, 5.74) is 3.18. The fourth-order valence-corrected chi connectivity index (χ4v) is 2.86. The van der Waals surface area contributed by atoms with Crippen LogP contribution in [0.4, 0.5) is 4.79 Å². The molecular formula is C19H19ClN2O. The Morgan fingerprint density at radius 2 is 1.70 bits per heavy atom. The first-order chi connectivity index (χ1) is 11.1. The van der Waals surface area contributed by atoms with Crippen LogP contribution in [-0.4, -0.2) is 17.0 Å². The summed E-state index contributed by atoms with van der Waals surface area (Å²) >= 11 is 5.99. The Morgan fingerprint density at radius 3 is 2.30 bits per heavy atom. The lowest BCUT2D eigenvalue weighted by atomic mass is 9.92. The van der Waals surface area contributed by atoms with E-state index in [9.17, 15) is 4.79 Å². The van der Waals surface area contributed by atoms with Gasteiger partial charge in [-0.15, -0.1) is 0 Å². The maximum Gasteiger partial charge on any atom is 0.322 e. The number of nitrogens with one attached hydrogen (secondary N) is 1. The third-order valence-electron chi connectivity index (χ3n) is 3.96. The van der Waals surface area contributed by atoms with Gasteiger partial charge in [0.25, 0.3) is 0 Å². The van der Waals surface area contributed by atoms with Crippen molar-refractivity contribution in [1.82, 2.24) is 10.2 Å². The van der Waals surface area contributed by atoms with Crippen molar-refractivity contribution in [2.45, 2.75) is 25.9 Å². The number of carbonyl (C=O) groups is 1. The normalized spacial score (nSPS) is 17.9. The molecule has 0 spiro atoms. The fraction of sp³-hybridized carbons (Fsp3) is 0.211. The molecule has 2 aromatic rings. The molecule has 1 N–H and O–H groups in total. The summed E-state index contributed by atoms with van der Waals surface area (Å²) in [4.78, 5) is 14.1. The van der Waals surface area contributed by atoms with Crippen molar-refractivity contribution >= 4 is 23.2 Å². The predicted molar refractivity (Wildman–Crippen MR) is 94.1 cm³/mol. The van der Waals surface area contributed by atoms with Crippen molar-refractivity contribution in [1.29, 1.82) is 0 Å². The lowest BCUT2D eigenvalue weighted by Crippen LogP contribution is -2.46. The van der Waals surface area contributed by atoms with Gasteiger partial charge in [0.1, 0.15) is 0 Å². The Labute approximate surface area is 141 Å². The van der Waals surface area contributed by atoms with E-state index in [1.165, 1.54) is 0 Å². The summed E-state index contributed by atoms with van der Waals surface area (Å²) in [6.07, 6.45) is 1.96. The smallest absolute Gasteiger partial charge is 0.322 e. The molecule has 0 saturated heterocycles. The number of nitrogens with zero attached hydrogens (tertiary/aromatic N) is 1. The first-order valence-corrected chi connectivity index (χ1v) is 8.05. The van der Waals surface area contributed by atoms with Crippen LogP contribution < -0.4 is 5.32 Å². The highest BCUT2D eigenvalue weighted by atomic mass is 35.5. The average molecular weight is 327 g/mol. The van der Waals surface area contributed by atoms with E-state index in [0.29, 0.717) is 5.02 Å². The highest BCUT2D eigenvalue weighted by molar-refractivity contribution is 6.30. The van der Waals surface area contributed by atoms with E-state index < -0.39 is 0 Å². The molecule has 118 valence electrons. The van der Waals surface area contributed by atoms with Gasteiger partial charge in [-0.3, -0.25) is 4.90 Å². The van der Waals surface area contributed by atoms with E-state index in [4.69, 9.17) is 11.6 Å². The Morgan fingerprint density at radius 1 is 1.04 bits per heavy atom. The quantitative estimate of drug-likeness (QED) is 0.858. The van der Waals surface area contributed by atoms with Crippen molar-refractivity contribution in [2.24, 2.45) is 0 Å². The van der Waals surface area contributed by atoms with Crippen LogP contribution in [0.15, 0.2) is 60.8 Å². The SMILES string of the molecule is CC(C)N1C=C(c2ccccc2)C(c2ccc(Cl)cc2)NC1=O. The minimum absolute atomic E-state index is 0.0837. The Hall–Kier alpha value is -2.26. The molecule has 1 aliphatic rings. The molecular weight excluding hydrogens is 308 g/mol. The highest BCUT2D eigenvalue weighted by Crippen LogP contribution is 2.34. The van der Waals surface area contributed by atoms with Gasteiger partial charge in [-0.2, -0.15) is 0 Å². The topological polar surface area (TPSA) is 32.3 Å². The molecule has 0 aromatic heterocycles. The Kier molecular flexibility index (Phi) is 4.39. The fourth-order valence-electron chi connectivity index (χ4n) is 2.73. The maximum atomic E-state index is 12.4. The molecule has 1 unspecified atom stereocenters. The average Bonchev–Trinajstić information content (AvgIpc) is 2.56. The zero-order valence-electron chi connectivity index (χ0n) is 13.2. The van der Waals surface area contributed by atoms with Crippen LogP contribution in [0, 0.1) is 0 Å². The molecule has 1 heterocycles. The second-order valence-corrected chi connectivity index (χ2v) is 6.32. The maximum absolute atomic E-state index is 12.4. The summed E-state index contributed by atoms with van der Waals surface area (Å²) in [7, 11) is 0. The molecule has 1 aliphatic heterocycles. The molecule has 0 fully saturated rings. The van der Waals surface area contributed by atoms with E-state index in [1.54, 1.807) is 4.90 Å². The molecule has 0 saturated carbocycles. The highest BCUT2D eigenvalue weighted by Gasteiger charge is 2.29. The molecule has 3 nitrogen and oxygen atoms in total. The van der Waals surface area contributed by atoms with E-state index >= 15 is 0 Å². The van der Waals surface area contributed by atoms with Gasteiger partial charge in [0.05, 0.1) is 6.04 Å². The Balaban J connectivity index is 2.08. The standard InChI is InChI=1S/C19H19ClN2O/c1-13(2)22-12-17(14-6-4-3-5-7-14)18(21-19(22)23)15-8-10-16(20)11-9-15/h3-13,18H,1-2H3,(H,21,23). The molecule has 0 radical (unpaired) electrons. The first kappa shape index (κ1) is 15.6. The molecule has 0 aliphatic carbocycles. The molecule has 3 rings (SSSR count). The van der Waals surface area contributed by atoms with Gasteiger partial charge < -0.3 is 5.32 Å². The van der Waals surface area contributed by atoms with Crippen molar-refractivity contribution in [3.63, 3.8) is 0 Å². The van der Waals surface area contributed by atoms with Gasteiger partial charge in [-0.1, -0.05) is 54.1 Å². The van der Waals surface area contributed by atoms with Crippen LogP contribution in [-0.2, 0) is 0 Å². The third-order valence-corrected chi connectivity index (χ3v) is 4.21. The van der Waals surface area contributed by atoms with E-state index in [-0.39, 0.29) is 18.1 Å². The van der Waals surface area contributed by atoms with Crippen molar-refractivity contribution in [3.05, 3.63) is 76.9 Å². The molecule has 23 heavy (non-hydrogen) atoms. The number of carbonyl (C=O) groups excluding carboxylic acids is 1. The number of rotatable bonds is 3. The third kappa shape index (κ3) is 3.25. The zero-order chi connectivity index (χ0) is 16.4. The van der Waals surface area contributed by atoms with E-state index in [2.05, 4.69) is 17.4 Å². The molecule has 4 heteroatoms. The number of halogens is 1. The van der Waals surface area contributed by atoms with Gasteiger partial charge in [0, 0.05) is 22.8 Å². The van der Waals surface area contributed by atoms with Crippen LogP contribution >= 0.6 is 11.6 Å². The minimum Gasteiger partial charge on any atom is -0.327 e. The van der Waals surface area contributed by atoms with Gasteiger partial charge in [0.2, 0.25) is 0 Å². The summed E-state index contributed by atoms with van der Waals surface area (Å²) in [5.74, 6) is 0. The van der Waals surface area contributed by atoms with Gasteiger partial charge >= 0.3 is 6.03 Å². The second-order valence-electron chi connectivity index (χ2n) is 5.89. The van der Waals surface area contributed by atoms with Gasteiger partial charge in [-0.25, -0.2) is 4.79 Å². The van der Waals surface area contributed by atoms with Crippen LogP contribution in [0.2, 0.25) is 5.02 Å². The van der Waals surface area contributed by atoms with Crippen molar-refractivity contribution in [3.8, 4) is 0 Å². The predicted octanol–water partition coefficient (Wildman–Crippen LogP) is 4.86. The monoisotopic (exact) mass is 326 g/mol. The number of benzene rings is 2. The lowest BCUT2D eigenvalue weighted by molar-refractivity contribution is 0.200. The van der Waals surface area contributed by atoms with Crippen LogP contribution in [0.5, 0.6) is 0 Å². The van der Waals surface area contributed by atoms with Crippen molar-refractivity contribution < 1.29 is 4.79 Å². The first-order valence-electron chi connectivity index (χ1n) is 7.67. The van der Waals surface area contributed by atoms with Crippen LogP contribution in [0.1, 0.15) is 31.0 Å². The largest absolute Gasteiger partial charge is 0.327 e. The number of urea groups is 1. The van der Waals surface area contributed by atoms with Gasteiger partial charge in [-0.05, 0) is 37.1 Å². The van der Waals surface area contributed by atoms with Crippen LogP contribution in [0.25, 0.3) is 5.57 Å². The zero-order valence-corrected chi connectivity index (χ0v) is 13.9.